The Morgan fingerprint density at radius 2 is 1.48 bits per heavy atom. The van der Waals surface area contributed by atoms with Gasteiger partial charge in [0.2, 0.25) is 0 Å². The van der Waals surface area contributed by atoms with E-state index in [9.17, 15) is 9.59 Å². The fraction of sp³-hybridized carbons (Fsp3) is 0.231. The molecule has 1 fully saturated rings. The summed E-state index contributed by atoms with van der Waals surface area (Å²) in [7, 11) is 2.01. The van der Waals surface area contributed by atoms with Crippen LogP contribution in [0.3, 0.4) is 0 Å². The molecule has 158 valence electrons. The van der Waals surface area contributed by atoms with Crippen molar-refractivity contribution < 1.29 is 14.5 Å². The summed E-state index contributed by atoms with van der Waals surface area (Å²) >= 11 is 0. The molecule has 5 heteroatoms. The van der Waals surface area contributed by atoms with Crippen molar-refractivity contribution in [1.29, 1.82) is 0 Å². The van der Waals surface area contributed by atoms with Gasteiger partial charge in [0.1, 0.15) is 6.54 Å². The number of carbonyl (C=O) groups excluding carboxylic acids is 2. The lowest BCUT2D eigenvalue weighted by atomic mass is 9.83. The minimum Gasteiger partial charge on any atom is -0.319 e. The molecule has 0 bridgehead atoms. The lowest BCUT2D eigenvalue weighted by Gasteiger charge is -2.28. The van der Waals surface area contributed by atoms with Crippen LogP contribution in [0.25, 0.3) is 0 Å². The number of aryl methyl sites for hydroxylation is 1. The van der Waals surface area contributed by atoms with Gasteiger partial charge in [0.25, 0.3) is 5.91 Å². The minimum absolute atomic E-state index is 0.198. The maximum absolute atomic E-state index is 13.7. The van der Waals surface area contributed by atoms with E-state index in [0.717, 1.165) is 22.6 Å². The van der Waals surface area contributed by atoms with Crippen LogP contribution >= 0.6 is 0 Å². The predicted octanol–water partition coefficient (Wildman–Crippen LogP) is 2.66. The summed E-state index contributed by atoms with van der Waals surface area (Å²) < 4.78 is 0. The first-order chi connectivity index (χ1) is 15.0. The van der Waals surface area contributed by atoms with E-state index < -0.39 is 5.54 Å². The molecule has 31 heavy (non-hydrogen) atoms. The van der Waals surface area contributed by atoms with Crippen molar-refractivity contribution in [2.24, 2.45) is 0 Å². The summed E-state index contributed by atoms with van der Waals surface area (Å²) in [5.41, 5.74) is 3.13. The van der Waals surface area contributed by atoms with Gasteiger partial charge in [0.15, 0.2) is 12.2 Å². The molecule has 4 rings (SSSR count). The van der Waals surface area contributed by atoms with Crippen molar-refractivity contribution in [1.82, 2.24) is 10.2 Å². The average molecular weight is 415 g/mol. The zero-order valence-corrected chi connectivity index (χ0v) is 18.0. The molecule has 1 unspecified atom stereocenters. The maximum Gasteiger partial charge on any atom is 0.329 e. The first-order valence-corrected chi connectivity index (χ1v) is 10.6. The molecule has 1 saturated heterocycles. The highest BCUT2D eigenvalue weighted by molar-refractivity contribution is 6.07. The topological polar surface area (TPSA) is 53.9 Å². The van der Waals surface area contributed by atoms with Gasteiger partial charge in [-0.2, -0.15) is 0 Å². The normalized spacial score (nSPS) is 19.4. The molecular weight excluding hydrogens is 386 g/mol. The number of rotatable bonds is 7. The number of quaternary nitrogens is 1. The molecule has 1 heterocycles. The lowest BCUT2D eigenvalue weighted by Crippen LogP contribution is -3.09. The van der Waals surface area contributed by atoms with Crippen molar-refractivity contribution >= 4 is 11.9 Å². The van der Waals surface area contributed by atoms with Crippen molar-refractivity contribution in [3.8, 4) is 0 Å². The summed E-state index contributed by atoms with van der Waals surface area (Å²) in [6.07, 6.45) is 0.412. The number of imide groups is 1. The van der Waals surface area contributed by atoms with Gasteiger partial charge in [-0.1, -0.05) is 84.9 Å². The highest BCUT2D eigenvalue weighted by Gasteiger charge is 2.53. The Kier molecular flexibility index (Phi) is 5.87. The van der Waals surface area contributed by atoms with Crippen LogP contribution in [0.4, 0.5) is 4.79 Å². The quantitative estimate of drug-likeness (QED) is 0.584. The standard InChI is InChI=1S/C26H27N3O2/c1-20-11-9-10-14-22(20)18-28(2)19-29-24(30)26(27-25(29)31,23-15-7-4-8-16-23)17-21-12-5-3-6-13-21/h3-16H,17-19H2,1-2H3,(H,27,31)/p+1/t26-/m0/s1. The molecule has 1 aliphatic rings. The Morgan fingerprint density at radius 3 is 2.16 bits per heavy atom. The molecule has 5 nitrogen and oxygen atoms in total. The number of hydrogen-bond donors (Lipinski definition) is 2. The molecule has 2 atom stereocenters. The molecule has 0 saturated carbocycles. The summed E-state index contributed by atoms with van der Waals surface area (Å²) in [6, 6.07) is 27.2. The van der Waals surface area contributed by atoms with E-state index in [1.165, 1.54) is 16.0 Å². The van der Waals surface area contributed by atoms with Crippen LogP contribution in [0.15, 0.2) is 84.9 Å². The molecule has 0 aromatic heterocycles. The molecule has 0 radical (unpaired) electrons. The van der Waals surface area contributed by atoms with E-state index in [1.54, 1.807) is 0 Å². The van der Waals surface area contributed by atoms with Crippen molar-refractivity contribution in [3.63, 3.8) is 0 Å². The number of benzene rings is 3. The lowest BCUT2D eigenvalue weighted by molar-refractivity contribution is -0.901. The maximum atomic E-state index is 13.7. The van der Waals surface area contributed by atoms with Crippen molar-refractivity contribution in [2.45, 2.75) is 25.4 Å². The van der Waals surface area contributed by atoms with Crippen LogP contribution in [-0.4, -0.2) is 30.6 Å². The fourth-order valence-corrected chi connectivity index (χ4v) is 4.27. The van der Waals surface area contributed by atoms with Gasteiger partial charge < -0.3 is 10.2 Å². The van der Waals surface area contributed by atoms with Gasteiger partial charge in [-0.05, 0) is 23.6 Å². The predicted molar refractivity (Wildman–Crippen MR) is 120 cm³/mol. The van der Waals surface area contributed by atoms with Crippen molar-refractivity contribution in [3.05, 3.63) is 107 Å². The van der Waals surface area contributed by atoms with Crippen LogP contribution in [0.5, 0.6) is 0 Å². The molecule has 2 N–H and O–H groups in total. The SMILES string of the molecule is Cc1ccccc1C[NH+](C)CN1C(=O)N[C@@](Cc2ccccc2)(c2ccccc2)C1=O. The van der Waals surface area contributed by atoms with Gasteiger partial charge >= 0.3 is 6.03 Å². The summed E-state index contributed by atoms with van der Waals surface area (Å²) in [4.78, 5) is 29.2. The van der Waals surface area contributed by atoms with Crippen LogP contribution in [-0.2, 0) is 23.3 Å². The Morgan fingerprint density at radius 1 is 0.871 bits per heavy atom. The third-order valence-electron chi connectivity index (χ3n) is 5.94. The summed E-state index contributed by atoms with van der Waals surface area (Å²) in [5, 5.41) is 3.04. The van der Waals surface area contributed by atoms with Gasteiger partial charge in [-0.25, -0.2) is 9.69 Å². The van der Waals surface area contributed by atoms with Crippen LogP contribution in [0, 0.1) is 6.92 Å². The average Bonchev–Trinajstić information content (AvgIpc) is 3.01. The number of amides is 3. The molecular formula is C26H28N3O2+. The first kappa shape index (κ1) is 20.8. The van der Waals surface area contributed by atoms with E-state index >= 15 is 0 Å². The zero-order chi connectivity index (χ0) is 21.8. The molecule has 0 aliphatic carbocycles. The number of nitrogens with zero attached hydrogens (tertiary/aromatic N) is 1. The van der Waals surface area contributed by atoms with E-state index in [0.29, 0.717) is 13.1 Å². The Bertz CT molecular complexity index is 1070. The number of hydrogen-bond acceptors (Lipinski definition) is 2. The van der Waals surface area contributed by atoms with Crippen LogP contribution < -0.4 is 10.2 Å². The van der Waals surface area contributed by atoms with Gasteiger partial charge in [0.05, 0.1) is 7.05 Å². The molecule has 0 spiro atoms. The van der Waals surface area contributed by atoms with Gasteiger partial charge in [-0.3, -0.25) is 4.79 Å². The van der Waals surface area contributed by atoms with Crippen LogP contribution in [0.2, 0.25) is 0 Å². The van der Waals surface area contributed by atoms with E-state index in [-0.39, 0.29) is 11.9 Å². The molecule has 3 amide bonds. The van der Waals surface area contributed by atoms with E-state index in [4.69, 9.17) is 0 Å². The fourth-order valence-electron chi connectivity index (χ4n) is 4.27. The molecule has 3 aromatic carbocycles. The van der Waals surface area contributed by atoms with E-state index in [2.05, 4.69) is 24.4 Å². The largest absolute Gasteiger partial charge is 0.329 e. The minimum atomic E-state index is -1.09. The Hall–Kier alpha value is -3.44. The Labute approximate surface area is 183 Å². The third-order valence-corrected chi connectivity index (χ3v) is 5.94. The highest BCUT2D eigenvalue weighted by Crippen LogP contribution is 2.32. The zero-order valence-electron chi connectivity index (χ0n) is 18.0. The van der Waals surface area contributed by atoms with E-state index in [1.807, 2.05) is 79.8 Å². The monoisotopic (exact) mass is 414 g/mol. The second kappa shape index (κ2) is 8.74. The number of carbonyl (C=O) groups is 2. The van der Waals surface area contributed by atoms with Gasteiger partial charge in [-0.15, -0.1) is 0 Å². The summed E-state index contributed by atoms with van der Waals surface area (Å²) in [6.45, 7) is 3.12. The van der Waals surface area contributed by atoms with Crippen LogP contribution in [0.1, 0.15) is 22.3 Å². The summed E-state index contributed by atoms with van der Waals surface area (Å²) in [5.74, 6) is -0.198. The first-order valence-electron chi connectivity index (χ1n) is 10.6. The Balaban J connectivity index is 1.60. The van der Waals surface area contributed by atoms with Gasteiger partial charge in [0, 0.05) is 12.0 Å². The molecule has 3 aromatic rings. The third kappa shape index (κ3) is 4.23. The highest BCUT2D eigenvalue weighted by atomic mass is 16.2. The number of nitrogens with one attached hydrogen (secondary N) is 2. The van der Waals surface area contributed by atoms with Crippen molar-refractivity contribution in [2.75, 3.05) is 13.7 Å². The number of urea groups is 1. The second-order valence-corrected chi connectivity index (χ2v) is 8.32. The molecule has 1 aliphatic heterocycles. The smallest absolute Gasteiger partial charge is 0.319 e. The second-order valence-electron chi connectivity index (χ2n) is 8.32.